The molecule has 0 amide bonds. The Labute approximate surface area is 116 Å². The number of benzene rings is 1. The Morgan fingerprint density at radius 2 is 1.79 bits per heavy atom. The first-order valence-electron chi connectivity index (χ1n) is 7.21. The number of ketones is 1. The predicted molar refractivity (Wildman–Crippen MR) is 82.7 cm³/mol. The van der Waals surface area contributed by atoms with Crippen molar-refractivity contribution in [3.05, 3.63) is 35.5 Å². The van der Waals surface area contributed by atoms with Gasteiger partial charge in [0.2, 0.25) is 0 Å². The number of hydrogen-bond acceptors (Lipinski definition) is 1. The van der Waals surface area contributed by atoms with Gasteiger partial charge in [-0.3, -0.25) is 4.79 Å². The van der Waals surface area contributed by atoms with Crippen LogP contribution in [-0.4, -0.2) is 10.4 Å². The average molecular weight is 259 g/mol. The second-order valence-electron chi connectivity index (χ2n) is 4.60. The number of carbonyl (C=O) groups is 1. The highest BCUT2D eigenvalue weighted by Gasteiger charge is 2.12. The van der Waals surface area contributed by atoms with Crippen LogP contribution in [0, 0.1) is 13.8 Å². The Kier molecular flexibility index (Phi) is 5.81. The summed E-state index contributed by atoms with van der Waals surface area (Å²) in [6.45, 7) is 10.8. The van der Waals surface area contributed by atoms with Crippen LogP contribution in [0.25, 0.3) is 10.9 Å². The van der Waals surface area contributed by atoms with Crippen LogP contribution in [0.2, 0.25) is 0 Å². The molecule has 2 heteroatoms. The molecule has 0 unspecified atom stereocenters. The van der Waals surface area contributed by atoms with Gasteiger partial charge < -0.3 is 4.57 Å². The summed E-state index contributed by atoms with van der Waals surface area (Å²) in [5, 5.41) is 1.26. The highest BCUT2D eigenvalue weighted by molar-refractivity contribution is 5.87. The van der Waals surface area contributed by atoms with Crippen molar-refractivity contribution >= 4 is 16.7 Å². The molecule has 1 aromatic heterocycles. The van der Waals surface area contributed by atoms with Gasteiger partial charge in [0.05, 0.1) is 6.54 Å². The summed E-state index contributed by atoms with van der Waals surface area (Å²) in [6, 6.07) is 8.29. The highest BCUT2D eigenvalue weighted by Crippen LogP contribution is 2.24. The van der Waals surface area contributed by atoms with E-state index in [0.29, 0.717) is 18.7 Å². The zero-order valence-electron chi connectivity index (χ0n) is 12.8. The van der Waals surface area contributed by atoms with Crippen LogP contribution in [0.1, 0.15) is 44.9 Å². The van der Waals surface area contributed by atoms with Crippen LogP contribution in [0.3, 0.4) is 0 Å². The molecule has 2 rings (SSSR count). The monoisotopic (exact) mass is 259 g/mol. The molecule has 0 saturated carbocycles. The number of carbonyl (C=O) groups excluding carboxylic acids is 1. The summed E-state index contributed by atoms with van der Waals surface area (Å²) < 4.78 is 2.14. The molecular formula is C17H25NO. The summed E-state index contributed by atoms with van der Waals surface area (Å²) in [5.41, 5.74) is 3.66. The minimum absolute atomic E-state index is 0.316. The summed E-state index contributed by atoms with van der Waals surface area (Å²) in [5.74, 6) is 0.316. The number of rotatable bonds is 4. The zero-order chi connectivity index (χ0) is 14.4. The van der Waals surface area contributed by atoms with Gasteiger partial charge in [0.15, 0.2) is 5.78 Å². The molecule has 0 aliphatic rings. The van der Waals surface area contributed by atoms with E-state index >= 15 is 0 Å². The summed E-state index contributed by atoms with van der Waals surface area (Å²) in [7, 11) is 0. The lowest BCUT2D eigenvalue weighted by Crippen LogP contribution is -2.10. The fourth-order valence-corrected chi connectivity index (χ4v) is 2.34. The van der Waals surface area contributed by atoms with Crippen molar-refractivity contribution in [2.75, 3.05) is 0 Å². The van der Waals surface area contributed by atoms with Crippen LogP contribution in [0.4, 0.5) is 0 Å². The summed E-state index contributed by atoms with van der Waals surface area (Å²) in [6.07, 6.45) is 1.60. The van der Waals surface area contributed by atoms with Gasteiger partial charge in [0.1, 0.15) is 0 Å². The minimum Gasteiger partial charge on any atom is -0.337 e. The molecule has 0 atom stereocenters. The standard InChI is InChI=1S/C15H19NO.C2H6/c1-4-7-13(17)10-16-12(3)11(2)14-8-5-6-9-15(14)16;1-2/h5-6,8-9H,4,7,10H2,1-3H3;1-2H3. The van der Waals surface area contributed by atoms with Crippen LogP contribution >= 0.6 is 0 Å². The molecule has 0 radical (unpaired) electrons. The number of hydrogen-bond donors (Lipinski definition) is 0. The molecule has 0 fully saturated rings. The maximum absolute atomic E-state index is 11.8. The van der Waals surface area contributed by atoms with Gasteiger partial charge in [-0.2, -0.15) is 0 Å². The fraction of sp³-hybridized carbons (Fsp3) is 0.471. The van der Waals surface area contributed by atoms with E-state index in [9.17, 15) is 4.79 Å². The predicted octanol–water partition coefficient (Wildman–Crippen LogP) is 4.65. The van der Waals surface area contributed by atoms with Gasteiger partial charge in [-0.1, -0.05) is 39.0 Å². The van der Waals surface area contributed by atoms with E-state index in [1.54, 1.807) is 0 Å². The molecule has 0 N–H and O–H groups in total. The van der Waals surface area contributed by atoms with Crippen molar-refractivity contribution in [3.8, 4) is 0 Å². The first-order chi connectivity index (χ1) is 9.15. The summed E-state index contributed by atoms with van der Waals surface area (Å²) in [4.78, 5) is 11.8. The second kappa shape index (κ2) is 7.13. The van der Waals surface area contributed by atoms with Crippen molar-refractivity contribution in [2.45, 2.75) is 54.0 Å². The van der Waals surface area contributed by atoms with Crippen molar-refractivity contribution in [1.29, 1.82) is 0 Å². The third kappa shape index (κ3) is 3.25. The number of aryl methyl sites for hydroxylation is 1. The van der Waals surface area contributed by atoms with Crippen molar-refractivity contribution < 1.29 is 4.79 Å². The molecule has 0 saturated heterocycles. The Bertz CT molecular complexity index is 552. The summed E-state index contributed by atoms with van der Waals surface area (Å²) >= 11 is 0. The smallest absolute Gasteiger partial charge is 0.152 e. The zero-order valence-corrected chi connectivity index (χ0v) is 12.8. The van der Waals surface area contributed by atoms with Gasteiger partial charge in [0.25, 0.3) is 0 Å². The molecule has 0 bridgehead atoms. The topological polar surface area (TPSA) is 22.0 Å². The van der Waals surface area contributed by atoms with Crippen molar-refractivity contribution in [1.82, 2.24) is 4.57 Å². The fourth-order valence-electron chi connectivity index (χ4n) is 2.34. The Morgan fingerprint density at radius 1 is 1.16 bits per heavy atom. The highest BCUT2D eigenvalue weighted by atomic mass is 16.1. The van der Waals surface area contributed by atoms with E-state index < -0.39 is 0 Å². The van der Waals surface area contributed by atoms with Gasteiger partial charge >= 0.3 is 0 Å². The third-order valence-corrected chi connectivity index (χ3v) is 3.41. The van der Waals surface area contributed by atoms with Crippen LogP contribution in [-0.2, 0) is 11.3 Å². The molecule has 0 aliphatic carbocycles. The molecule has 1 aromatic carbocycles. The largest absolute Gasteiger partial charge is 0.337 e. The van der Waals surface area contributed by atoms with E-state index in [1.165, 1.54) is 22.2 Å². The Hall–Kier alpha value is -1.57. The Morgan fingerprint density at radius 3 is 2.42 bits per heavy atom. The molecule has 19 heavy (non-hydrogen) atoms. The third-order valence-electron chi connectivity index (χ3n) is 3.41. The van der Waals surface area contributed by atoms with E-state index in [1.807, 2.05) is 32.9 Å². The number of aromatic nitrogens is 1. The van der Waals surface area contributed by atoms with Gasteiger partial charge in [0, 0.05) is 23.0 Å². The lowest BCUT2D eigenvalue weighted by atomic mass is 10.2. The molecule has 2 nitrogen and oxygen atoms in total. The quantitative estimate of drug-likeness (QED) is 0.783. The molecule has 0 spiro atoms. The van der Waals surface area contributed by atoms with Crippen LogP contribution in [0.15, 0.2) is 24.3 Å². The maximum atomic E-state index is 11.8. The number of Topliss-reactive ketones (excluding diaryl/α,β-unsaturated/α-hetero) is 1. The van der Waals surface area contributed by atoms with Crippen molar-refractivity contribution in [3.63, 3.8) is 0 Å². The van der Waals surface area contributed by atoms with E-state index in [4.69, 9.17) is 0 Å². The first kappa shape index (κ1) is 15.5. The SMILES string of the molecule is CC.CCCC(=O)Cn1c(C)c(C)c2ccccc21. The first-order valence-corrected chi connectivity index (χ1v) is 7.21. The van der Waals surface area contributed by atoms with Crippen LogP contribution in [0.5, 0.6) is 0 Å². The van der Waals surface area contributed by atoms with E-state index in [-0.39, 0.29) is 0 Å². The van der Waals surface area contributed by atoms with Crippen molar-refractivity contribution in [2.24, 2.45) is 0 Å². The maximum Gasteiger partial charge on any atom is 0.152 e. The van der Waals surface area contributed by atoms with E-state index in [0.717, 1.165) is 6.42 Å². The molecular weight excluding hydrogens is 234 g/mol. The van der Waals surface area contributed by atoms with Crippen LogP contribution < -0.4 is 0 Å². The molecule has 0 aliphatic heterocycles. The van der Waals surface area contributed by atoms with Gasteiger partial charge in [-0.05, 0) is 31.9 Å². The number of fused-ring (bicyclic) bond motifs is 1. The van der Waals surface area contributed by atoms with Gasteiger partial charge in [-0.25, -0.2) is 0 Å². The number of nitrogens with zero attached hydrogens (tertiary/aromatic N) is 1. The molecule has 1 heterocycles. The molecule has 104 valence electrons. The normalized spacial score (nSPS) is 10.2. The van der Waals surface area contributed by atoms with Gasteiger partial charge in [-0.15, -0.1) is 0 Å². The second-order valence-corrected chi connectivity index (χ2v) is 4.60. The van der Waals surface area contributed by atoms with E-state index in [2.05, 4.69) is 30.5 Å². The lowest BCUT2D eigenvalue weighted by Gasteiger charge is -2.07. The molecule has 2 aromatic rings. The number of para-hydroxylation sites is 1. The lowest BCUT2D eigenvalue weighted by molar-refractivity contribution is -0.119. The minimum atomic E-state index is 0.316. The average Bonchev–Trinajstić information content (AvgIpc) is 2.67. The Balaban J connectivity index is 0.000000861.